The molecule has 0 saturated heterocycles. The van der Waals surface area contributed by atoms with E-state index in [0.29, 0.717) is 25.4 Å². The molecule has 0 aliphatic heterocycles. The molecule has 1 atom stereocenters. The summed E-state index contributed by atoms with van der Waals surface area (Å²) in [6, 6.07) is 4.85. The molecule has 6 heteroatoms. The maximum Gasteiger partial charge on any atom is 0.335 e. The van der Waals surface area contributed by atoms with Gasteiger partial charge in [0.1, 0.15) is 0 Å². The molecule has 0 fully saturated rings. The first-order valence-corrected chi connectivity index (χ1v) is 6.38. The number of anilines is 2. The maximum atomic E-state index is 10.9. The van der Waals surface area contributed by atoms with E-state index in [-0.39, 0.29) is 11.6 Å². The number of carbonyl (C=O) groups is 1. The number of methoxy groups -OCH3 is 2. The molecule has 0 saturated carbocycles. The molecule has 0 radical (unpaired) electrons. The van der Waals surface area contributed by atoms with Crippen LogP contribution in [0.4, 0.5) is 11.4 Å². The third-order valence-corrected chi connectivity index (χ3v) is 3.06. The predicted molar refractivity (Wildman–Crippen MR) is 78.4 cm³/mol. The van der Waals surface area contributed by atoms with Gasteiger partial charge in [-0.25, -0.2) is 4.79 Å². The summed E-state index contributed by atoms with van der Waals surface area (Å²) in [4.78, 5) is 13.0. The summed E-state index contributed by atoms with van der Waals surface area (Å²) in [5.74, 6) is -0.989. The molecule has 1 unspecified atom stereocenters. The number of aromatic carboxylic acids is 1. The molecule has 1 aromatic carbocycles. The lowest BCUT2D eigenvalue weighted by atomic mass is 10.1. The van der Waals surface area contributed by atoms with Crippen molar-refractivity contribution in [3.05, 3.63) is 23.8 Å². The third kappa shape index (κ3) is 4.11. The number of carboxylic acid groups (broad SMARTS) is 1. The van der Waals surface area contributed by atoms with E-state index in [1.807, 2.05) is 11.8 Å². The van der Waals surface area contributed by atoms with E-state index >= 15 is 0 Å². The van der Waals surface area contributed by atoms with E-state index in [2.05, 4.69) is 0 Å². The Hall–Kier alpha value is -1.79. The zero-order valence-corrected chi connectivity index (χ0v) is 12.1. The number of carboxylic acids is 1. The molecule has 20 heavy (non-hydrogen) atoms. The van der Waals surface area contributed by atoms with Gasteiger partial charge in [0.05, 0.1) is 30.2 Å². The van der Waals surface area contributed by atoms with Crippen molar-refractivity contribution in [1.82, 2.24) is 0 Å². The van der Waals surface area contributed by atoms with Crippen molar-refractivity contribution in [2.75, 3.05) is 44.6 Å². The minimum Gasteiger partial charge on any atom is -0.478 e. The largest absolute Gasteiger partial charge is 0.478 e. The van der Waals surface area contributed by atoms with Crippen molar-refractivity contribution in [2.24, 2.45) is 0 Å². The average Bonchev–Trinajstić information content (AvgIpc) is 2.40. The Kier molecular flexibility index (Phi) is 6.27. The zero-order valence-electron chi connectivity index (χ0n) is 12.1. The fraction of sp³-hybridized carbons (Fsp3) is 0.500. The lowest BCUT2D eigenvalue weighted by molar-refractivity contribution is 0.0697. The number of ether oxygens (including phenoxy) is 2. The van der Waals surface area contributed by atoms with Crippen LogP contribution in [0.25, 0.3) is 0 Å². The monoisotopic (exact) mass is 282 g/mol. The van der Waals surface area contributed by atoms with Gasteiger partial charge in [-0.15, -0.1) is 0 Å². The quantitative estimate of drug-likeness (QED) is 0.702. The van der Waals surface area contributed by atoms with Crippen LogP contribution in [0.3, 0.4) is 0 Å². The summed E-state index contributed by atoms with van der Waals surface area (Å²) in [6.07, 6.45) is 0. The van der Waals surface area contributed by atoms with Crippen molar-refractivity contribution in [1.29, 1.82) is 0 Å². The zero-order chi connectivity index (χ0) is 15.1. The molecular weight excluding hydrogens is 260 g/mol. The molecular formula is C14H22N2O4. The minimum atomic E-state index is -0.989. The van der Waals surface area contributed by atoms with Gasteiger partial charge in [0.25, 0.3) is 0 Å². The van der Waals surface area contributed by atoms with Crippen LogP contribution < -0.4 is 10.6 Å². The van der Waals surface area contributed by atoms with Crippen molar-refractivity contribution in [2.45, 2.75) is 13.0 Å². The van der Waals surface area contributed by atoms with E-state index in [1.165, 1.54) is 6.07 Å². The fourth-order valence-electron chi connectivity index (χ4n) is 2.05. The first-order chi connectivity index (χ1) is 9.51. The van der Waals surface area contributed by atoms with Gasteiger partial charge in [-0.05, 0) is 25.1 Å². The Bertz CT molecular complexity index is 451. The summed E-state index contributed by atoms with van der Waals surface area (Å²) in [5.41, 5.74) is 7.38. The standard InChI is InChI=1S/C14H22N2O4/c1-10(9-20-3)16(6-7-19-2)13-5-4-11(14(17)18)8-12(13)15/h4-5,8,10H,6-7,9,15H2,1-3H3,(H,17,18). The van der Waals surface area contributed by atoms with Crippen LogP contribution in [0.15, 0.2) is 18.2 Å². The molecule has 1 rings (SSSR count). The molecule has 112 valence electrons. The Morgan fingerprint density at radius 2 is 2.10 bits per heavy atom. The summed E-state index contributed by atoms with van der Waals surface area (Å²) in [5, 5.41) is 8.96. The molecule has 0 aliphatic rings. The highest BCUT2D eigenvalue weighted by atomic mass is 16.5. The Morgan fingerprint density at radius 1 is 1.40 bits per heavy atom. The van der Waals surface area contributed by atoms with Crippen LogP contribution in [0.5, 0.6) is 0 Å². The van der Waals surface area contributed by atoms with Crippen LogP contribution >= 0.6 is 0 Å². The molecule has 0 aromatic heterocycles. The maximum absolute atomic E-state index is 10.9. The number of nitrogen functional groups attached to an aromatic ring is 1. The summed E-state index contributed by atoms with van der Waals surface area (Å²) < 4.78 is 10.3. The second-order valence-corrected chi connectivity index (χ2v) is 4.57. The third-order valence-electron chi connectivity index (χ3n) is 3.06. The molecule has 0 heterocycles. The first kappa shape index (κ1) is 16.3. The lowest BCUT2D eigenvalue weighted by Gasteiger charge is -2.31. The first-order valence-electron chi connectivity index (χ1n) is 6.38. The molecule has 0 bridgehead atoms. The SMILES string of the molecule is COCCN(c1ccc(C(=O)O)cc1N)C(C)COC. The van der Waals surface area contributed by atoms with E-state index in [0.717, 1.165) is 5.69 Å². The van der Waals surface area contributed by atoms with Crippen molar-refractivity contribution in [3.63, 3.8) is 0 Å². The molecule has 0 aliphatic carbocycles. The summed E-state index contributed by atoms with van der Waals surface area (Å²) >= 11 is 0. The second kappa shape index (κ2) is 7.72. The molecule has 0 spiro atoms. The number of nitrogens with two attached hydrogens (primary N) is 1. The molecule has 0 amide bonds. The topological polar surface area (TPSA) is 85.0 Å². The van der Waals surface area contributed by atoms with E-state index in [1.54, 1.807) is 26.4 Å². The Balaban J connectivity index is 3.03. The average molecular weight is 282 g/mol. The van der Waals surface area contributed by atoms with E-state index in [9.17, 15) is 4.79 Å². The highest BCUT2D eigenvalue weighted by Gasteiger charge is 2.17. The van der Waals surface area contributed by atoms with Crippen molar-refractivity contribution >= 4 is 17.3 Å². The number of hydrogen-bond acceptors (Lipinski definition) is 5. The minimum absolute atomic E-state index is 0.105. The van der Waals surface area contributed by atoms with Crippen LogP contribution in [0, 0.1) is 0 Å². The second-order valence-electron chi connectivity index (χ2n) is 4.57. The van der Waals surface area contributed by atoms with Gasteiger partial charge in [0.15, 0.2) is 0 Å². The van der Waals surface area contributed by atoms with Crippen molar-refractivity contribution in [3.8, 4) is 0 Å². The van der Waals surface area contributed by atoms with Gasteiger partial charge < -0.3 is 25.2 Å². The molecule has 6 nitrogen and oxygen atoms in total. The van der Waals surface area contributed by atoms with Gasteiger partial charge in [-0.2, -0.15) is 0 Å². The predicted octanol–water partition coefficient (Wildman–Crippen LogP) is 1.45. The highest BCUT2D eigenvalue weighted by molar-refractivity contribution is 5.90. The number of hydrogen-bond donors (Lipinski definition) is 2. The van der Waals surface area contributed by atoms with Gasteiger partial charge in [-0.3, -0.25) is 0 Å². The summed E-state index contributed by atoms with van der Waals surface area (Å²) in [6.45, 7) is 3.76. The van der Waals surface area contributed by atoms with Crippen molar-refractivity contribution < 1.29 is 19.4 Å². The van der Waals surface area contributed by atoms with Crippen LogP contribution in [-0.4, -0.2) is 51.1 Å². The normalized spacial score (nSPS) is 12.2. The van der Waals surface area contributed by atoms with E-state index in [4.69, 9.17) is 20.3 Å². The smallest absolute Gasteiger partial charge is 0.335 e. The van der Waals surface area contributed by atoms with Gasteiger partial charge in [0, 0.05) is 26.8 Å². The highest BCUT2D eigenvalue weighted by Crippen LogP contribution is 2.26. The van der Waals surface area contributed by atoms with Crippen LogP contribution in [0.2, 0.25) is 0 Å². The van der Waals surface area contributed by atoms with Gasteiger partial charge in [-0.1, -0.05) is 0 Å². The number of rotatable bonds is 8. The van der Waals surface area contributed by atoms with Gasteiger partial charge >= 0.3 is 5.97 Å². The molecule has 3 N–H and O–H groups in total. The number of benzene rings is 1. The van der Waals surface area contributed by atoms with Crippen LogP contribution in [-0.2, 0) is 9.47 Å². The van der Waals surface area contributed by atoms with Crippen LogP contribution in [0.1, 0.15) is 17.3 Å². The Labute approximate surface area is 119 Å². The Morgan fingerprint density at radius 3 is 2.60 bits per heavy atom. The number of nitrogens with zero attached hydrogens (tertiary/aromatic N) is 1. The molecule has 1 aromatic rings. The summed E-state index contributed by atoms with van der Waals surface area (Å²) in [7, 11) is 3.28. The lowest BCUT2D eigenvalue weighted by Crippen LogP contribution is -2.39. The van der Waals surface area contributed by atoms with Gasteiger partial charge in [0.2, 0.25) is 0 Å². The van der Waals surface area contributed by atoms with E-state index < -0.39 is 5.97 Å². The fourth-order valence-corrected chi connectivity index (χ4v) is 2.05.